The molecule has 0 aromatic carbocycles. The van der Waals surface area contributed by atoms with Crippen molar-refractivity contribution in [3.05, 3.63) is 24.2 Å². The van der Waals surface area contributed by atoms with Crippen molar-refractivity contribution in [2.45, 2.75) is 45.2 Å². The standard InChI is InChI=1S/C16H24N2O2/c1-11(15-8-12-4-5-13(15)7-12)18-16(19)10-17-9-14-3-2-6-20-14/h2-3,6,11-13,15,17H,4-5,7-10H2,1H3,(H,18,19)/t11-,12-,13-,15-/m0/s1. The van der Waals surface area contributed by atoms with Crippen molar-refractivity contribution in [1.29, 1.82) is 0 Å². The van der Waals surface area contributed by atoms with E-state index in [-0.39, 0.29) is 5.91 Å². The lowest BCUT2D eigenvalue weighted by molar-refractivity contribution is -0.121. The van der Waals surface area contributed by atoms with Crippen LogP contribution in [-0.4, -0.2) is 18.5 Å². The third-order valence-electron chi connectivity index (χ3n) is 4.99. The molecule has 0 aliphatic heterocycles. The van der Waals surface area contributed by atoms with Crippen molar-refractivity contribution < 1.29 is 9.21 Å². The number of hydrogen-bond acceptors (Lipinski definition) is 3. The predicted octanol–water partition coefficient (Wildman–Crippen LogP) is 2.31. The van der Waals surface area contributed by atoms with Gasteiger partial charge in [-0.3, -0.25) is 4.79 Å². The molecule has 0 spiro atoms. The maximum Gasteiger partial charge on any atom is 0.234 e. The first-order chi connectivity index (χ1) is 9.72. The number of rotatable bonds is 6. The third kappa shape index (κ3) is 3.06. The number of hydrogen-bond donors (Lipinski definition) is 2. The summed E-state index contributed by atoms with van der Waals surface area (Å²) < 4.78 is 5.22. The minimum atomic E-state index is 0.0897. The lowest BCUT2D eigenvalue weighted by Crippen LogP contribution is -2.43. The van der Waals surface area contributed by atoms with E-state index < -0.39 is 0 Å². The average Bonchev–Trinajstić information content (AvgIpc) is 3.15. The van der Waals surface area contributed by atoms with Crippen LogP contribution in [0.1, 0.15) is 38.4 Å². The van der Waals surface area contributed by atoms with E-state index >= 15 is 0 Å². The molecule has 4 atom stereocenters. The normalized spacial score (nSPS) is 29.6. The lowest BCUT2D eigenvalue weighted by atomic mass is 9.84. The SMILES string of the molecule is C[C@H](NC(=O)CNCc1ccco1)[C@@H]1C[C@H]2CC[C@H]1C2. The summed E-state index contributed by atoms with van der Waals surface area (Å²) in [7, 11) is 0. The summed E-state index contributed by atoms with van der Waals surface area (Å²) in [6.45, 7) is 3.12. The van der Waals surface area contributed by atoms with Gasteiger partial charge in [0.15, 0.2) is 0 Å². The molecule has 4 heteroatoms. The minimum Gasteiger partial charge on any atom is -0.468 e. The third-order valence-corrected chi connectivity index (χ3v) is 4.99. The quantitative estimate of drug-likeness (QED) is 0.838. The van der Waals surface area contributed by atoms with Crippen molar-refractivity contribution in [3.8, 4) is 0 Å². The molecule has 20 heavy (non-hydrogen) atoms. The van der Waals surface area contributed by atoms with Crippen LogP contribution in [0.15, 0.2) is 22.8 Å². The molecule has 1 heterocycles. The molecule has 2 N–H and O–H groups in total. The van der Waals surface area contributed by atoms with Gasteiger partial charge in [-0.1, -0.05) is 6.42 Å². The number of fused-ring (bicyclic) bond motifs is 2. The van der Waals surface area contributed by atoms with Crippen LogP contribution >= 0.6 is 0 Å². The Balaban J connectivity index is 1.38. The average molecular weight is 276 g/mol. The Labute approximate surface area is 120 Å². The number of nitrogens with one attached hydrogen (secondary N) is 2. The van der Waals surface area contributed by atoms with E-state index in [1.807, 2.05) is 12.1 Å². The van der Waals surface area contributed by atoms with Crippen LogP contribution in [0, 0.1) is 17.8 Å². The Hall–Kier alpha value is -1.29. The van der Waals surface area contributed by atoms with E-state index in [2.05, 4.69) is 17.6 Å². The molecule has 1 aromatic heterocycles. The second kappa shape index (κ2) is 6.00. The highest BCUT2D eigenvalue weighted by molar-refractivity contribution is 5.78. The van der Waals surface area contributed by atoms with E-state index in [0.29, 0.717) is 25.0 Å². The van der Waals surface area contributed by atoms with E-state index in [9.17, 15) is 4.79 Å². The molecule has 1 aromatic rings. The zero-order chi connectivity index (χ0) is 13.9. The predicted molar refractivity (Wildman–Crippen MR) is 77.0 cm³/mol. The van der Waals surface area contributed by atoms with Crippen molar-refractivity contribution in [2.75, 3.05) is 6.54 Å². The maximum atomic E-state index is 11.9. The number of amides is 1. The lowest BCUT2D eigenvalue weighted by Gasteiger charge is -2.28. The van der Waals surface area contributed by atoms with Crippen molar-refractivity contribution in [1.82, 2.24) is 10.6 Å². The van der Waals surface area contributed by atoms with Gasteiger partial charge in [0.05, 0.1) is 19.4 Å². The first-order valence-corrected chi connectivity index (χ1v) is 7.75. The van der Waals surface area contributed by atoms with Gasteiger partial charge in [0, 0.05) is 6.04 Å². The first-order valence-electron chi connectivity index (χ1n) is 7.75. The highest BCUT2D eigenvalue weighted by atomic mass is 16.3. The topological polar surface area (TPSA) is 54.3 Å². The Morgan fingerprint density at radius 2 is 2.35 bits per heavy atom. The number of carbonyl (C=O) groups excluding carboxylic acids is 1. The fraction of sp³-hybridized carbons (Fsp3) is 0.688. The maximum absolute atomic E-state index is 11.9. The van der Waals surface area contributed by atoms with Crippen LogP contribution in [0.3, 0.4) is 0 Å². The molecule has 0 radical (unpaired) electrons. The molecule has 1 amide bonds. The summed E-state index contributed by atoms with van der Waals surface area (Å²) in [6.07, 6.45) is 7.13. The van der Waals surface area contributed by atoms with Crippen LogP contribution in [0.4, 0.5) is 0 Å². The van der Waals surface area contributed by atoms with E-state index in [4.69, 9.17) is 4.42 Å². The minimum absolute atomic E-state index is 0.0897. The van der Waals surface area contributed by atoms with Crippen LogP contribution in [0.2, 0.25) is 0 Å². The smallest absolute Gasteiger partial charge is 0.234 e. The van der Waals surface area contributed by atoms with Gasteiger partial charge in [-0.2, -0.15) is 0 Å². The fourth-order valence-electron chi connectivity index (χ4n) is 4.03. The second-order valence-electron chi connectivity index (χ2n) is 6.38. The van der Waals surface area contributed by atoms with Crippen LogP contribution in [0.25, 0.3) is 0 Å². The van der Waals surface area contributed by atoms with Gasteiger partial charge in [0.1, 0.15) is 5.76 Å². The van der Waals surface area contributed by atoms with E-state index in [1.165, 1.54) is 25.7 Å². The number of carbonyl (C=O) groups is 1. The van der Waals surface area contributed by atoms with Gasteiger partial charge >= 0.3 is 0 Å². The largest absolute Gasteiger partial charge is 0.468 e. The van der Waals surface area contributed by atoms with Gasteiger partial charge in [0.25, 0.3) is 0 Å². The first kappa shape index (κ1) is 13.7. The molecular weight excluding hydrogens is 252 g/mol. The van der Waals surface area contributed by atoms with E-state index in [0.717, 1.165) is 17.6 Å². The molecule has 0 saturated heterocycles. The Morgan fingerprint density at radius 3 is 3.00 bits per heavy atom. The summed E-state index contributed by atoms with van der Waals surface area (Å²) in [5.41, 5.74) is 0. The van der Waals surface area contributed by atoms with Crippen molar-refractivity contribution in [3.63, 3.8) is 0 Å². The van der Waals surface area contributed by atoms with Gasteiger partial charge < -0.3 is 15.1 Å². The fourth-order valence-corrected chi connectivity index (χ4v) is 4.03. The molecular formula is C16H24N2O2. The summed E-state index contributed by atoms with van der Waals surface area (Å²) in [4.78, 5) is 11.9. The summed E-state index contributed by atoms with van der Waals surface area (Å²) in [5, 5.41) is 6.27. The molecule has 2 aliphatic carbocycles. The van der Waals surface area contributed by atoms with E-state index in [1.54, 1.807) is 6.26 Å². The van der Waals surface area contributed by atoms with Crippen molar-refractivity contribution >= 4 is 5.91 Å². The van der Waals surface area contributed by atoms with Gasteiger partial charge in [-0.25, -0.2) is 0 Å². The van der Waals surface area contributed by atoms with Crippen LogP contribution < -0.4 is 10.6 Å². The van der Waals surface area contributed by atoms with Gasteiger partial charge in [-0.05, 0) is 56.1 Å². The Morgan fingerprint density at radius 1 is 1.45 bits per heavy atom. The Kier molecular flexibility index (Phi) is 4.10. The molecule has 110 valence electrons. The monoisotopic (exact) mass is 276 g/mol. The summed E-state index contributed by atoms with van der Waals surface area (Å²) in [5.74, 6) is 3.43. The zero-order valence-corrected chi connectivity index (χ0v) is 12.1. The molecule has 2 saturated carbocycles. The van der Waals surface area contributed by atoms with Gasteiger partial charge in [0.2, 0.25) is 5.91 Å². The molecule has 2 bridgehead atoms. The molecule has 4 nitrogen and oxygen atoms in total. The molecule has 3 rings (SSSR count). The van der Waals surface area contributed by atoms with Crippen LogP contribution in [0.5, 0.6) is 0 Å². The van der Waals surface area contributed by atoms with Crippen LogP contribution in [-0.2, 0) is 11.3 Å². The second-order valence-corrected chi connectivity index (χ2v) is 6.38. The molecule has 2 aliphatic rings. The van der Waals surface area contributed by atoms with Gasteiger partial charge in [-0.15, -0.1) is 0 Å². The zero-order valence-electron chi connectivity index (χ0n) is 12.1. The summed E-state index contributed by atoms with van der Waals surface area (Å²) in [6, 6.07) is 4.07. The summed E-state index contributed by atoms with van der Waals surface area (Å²) >= 11 is 0. The Bertz CT molecular complexity index is 443. The van der Waals surface area contributed by atoms with Crippen molar-refractivity contribution in [2.24, 2.45) is 17.8 Å². The number of furan rings is 1. The molecule has 2 fully saturated rings. The highest BCUT2D eigenvalue weighted by Crippen LogP contribution is 2.49. The highest BCUT2D eigenvalue weighted by Gasteiger charge is 2.41. The molecule has 0 unspecified atom stereocenters.